The molecule has 0 aromatic heterocycles. The van der Waals surface area contributed by atoms with Gasteiger partial charge < -0.3 is 10.2 Å². The van der Waals surface area contributed by atoms with Crippen molar-refractivity contribution >= 4 is 34.9 Å². The van der Waals surface area contributed by atoms with Crippen molar-refractivity contribution in [2.24, 2.45) is 10.9 Å². The van der Waals surface area contributed by atoms with Crippen molar-refractivity contribution in [2.75, 3.05) is 26.2 Å². The van der Waals surface area contributed by atoms with Crippen molar-refractivity contribution in [3.8, 4) is 0 Å². The fourth-order valence-corrected chi connectivity index (χ4v) is 3.56. The third kappa shape index (κ3) is 6.82. The number of halogens is 1. The van der Waals surface area contributed by atoms with Crippen molar-refractivity contribution in [2.45, 2.75) is 39.0 Å². The van der Waals surface area contributed by atoms with E-state index in [1.807, 2.05) is 12.1 Å². The Hall–Kier alpha value is -1.23. The van der Waals surface area contributed by atoms with Crippen LogP contribution in [-0.2, 0) is 0 Å². The first-order valence-electron chi connectivity index (χ1n) is 9.32. The van der Waals surface area contributed by atoms with Crippen LogP contribution in [0.2, 0.25) is 5.02 Å². The summed E-state index contributed by atoms with van der Waals surface area (Å²) in [6.07, 6.45) is 7.62. The van der Waals surface area contributed by atoms with Crippen LogP contribution >= 0.6 is 23.4 Å². The van der Waals surface area contributed by atoms with Crippen molar-refractivity contribution in [3.63, 3.8) is 0 Å². The van der Waals surface area contributed by atoms with Crippen LogP contribution in [-0.4, -0.2) is 36.9 Å². The van der Waals surface area contributed by atoms with Crippen LogP contribution in [0.5, 0.6) is 0 Å². The normalized spacial score (nSPS) is 17.2. The van der Waals surface area contributed by atoms with Crippen molar-refractivity contribution in [1.82, 2.24) is 10.2 Å². The van der Waals surface area contributed by atoms with Crippen LogP contribution in [0.1, 0.15) is 34.1 Å². The maximum Gasteiger partial charge on any atom is 0.128 e. The Morgan fingerprint density at radius 2 is 2.12 bits per heavy atom. The maximum absolute atomic E-state index is 6.28. The fourth-order valence-electron chi connectivity index (χ4n) is 2.59. The predicted molar refractivity (Wildman–Crippen MR) is 117 cm³/mol. The molecule has 0 atom stereocenters. The number of allylic oxidation sites excluding steroid dienone is 3. The van der Waals surface area contributed by atoms with E-state index in [2.05, 4.69) is 62.2 Å². The third-order valence-electron chi connectivity index (χ3n) is 4.13. The molecule has 0 amide bonds. The summed E-state index contributed by atoms with van der Waals surface area (Å²) >= 11 is 8.01. The molecule has 0 spiro atoms. The SMILES string of the molecule is C/C=C(\C)Sc1ccc(Cl)cc1N=C(/C=C/C(C)C)N1CCCNCC1. The van der Waals surface area contributed by atoms with E-state index in [1.165, 1.54) is 4.91 Å². The fraction of sp³-hybridized carbons (Fsp3) is 0.476. The van der Waals surface area contributed by atoms with E-state index in [-0.39, 0.29) is 0 Å². The first-order valence-corrected chi connectivity index (χ1v) is 10.5. The Morgan fingerprint density at radius 3 is 2.85 bits per heavy atom. The van der Waals surface area contributed by atoms with Crippen LogP contribution in [0.4, 0.5) is 5.69 Å². The topological polar surface area (TPSA) is 27.6 Å². The Morgan fingerprint density at radius 1 is 1.31 bits per heavy atom. The highest BCUT2D eigenvalue weighted by Crippen LogP contribution is 2.36. The van der Waals surface area contributed by atoms with Gasteiger partial charge in [-0.05, 0) is 61.9 Å². The number of nitrogens with one attached hydrogen (secondary N) is 1. The molecule has 0 unspecified atom stereocenters. The zero-order chi connectivity index (χ0) is 18.9. The summed E-state index contributed by atoms with van der Waals surface area (Å²) in [5, 5.41) is 4.18. The highest BCUT2D eigenvalue weighted by Gasteiger charge is 2.13. The zero-order valence-corrected chi connectivity index (χ0v) is 17.8. The number of thioether (sulfide) groups is 1. The van der Waals surface area contributed by atoms with E-state index >= 15 is 0 Å². The van der Waals surface area contributed by atoms with Crippen LogP contribution in [0.25, 0.3) is 0 Å². The molecule has 0 radical (unpaired) electrons. The number of hydrogen-bond acceptors (Lipinski definition) is 3. The van der Waals surface area contributed by atoms with E-state index < -0.39 is 0 Å². The van der Waals surface area contributed by atoms with Gasteiger partial charge in [-0.3, -0.25) is 0 Å². The van der Waals surface area contributed by atoms with Gasteiger partial charge in [0.25, 0.3) is 0 Å². The third-order valence-corrected chi connectivity index (χ3v) is 5.49. The molecule has 26 heavy (non-hydrogen) atoms. The number of nitrogens with zero attached hydrogens (tertiary/aromatic N) is 2. The van der Waals surface area contributed by atoms with E-state index in [1.54, 1.807) is 11.8 Å². The summed E-state index contributed by atoms with van der Waals surface area (Å²) in [5.41, 5.74) is 0.935. The Labute approximate surface area is 167 Å². The minimum atomic E-state index is 0.490. The standard InChI is InChI=1S/C21H30ClN3S/c1-5-17(4)26-20-9-8-18(22)15-19(20)24-21(10-7-16(2)3)25-13-6-11-23-12-14-25/h5,7-10,15-16,23H,6,11-14H2,1-4H3/b10-7+,17-5+,24-21?. The van der Waals surface area contributed by atoms with Crippen LogP contribution in [0.15, 0.2) is 51.2 Å². The number of benzene rings is 1. The number of hydrogen-bond donors (Lipinski definition) is 1. The average Bonchev–Trinajstić information content (AvgIpc) is 2.89. The lowest BCUT2D eigenvalue weighted by Crippen LogP contribution is -2.33. The smallest absolute Gasteiger partial charge is 0.128 e. The molecule has 1 aromatic carbocycles. The maximum atomic E-state index is 6.28. The Bertz CT molecular complexity index is 672. The Kier molecular flexibility index (Phi) is 8.76. The Balaban J connectivity index is 2.42. The zero-order valence-electron chi connectivity index (χ0n) is 16.3. The summed E-state index contributed by atoms with van der Waals surface area (Å²) in [6.45, 7) is 12.6. The molecule has 1 aliphatic rings. The summed E-state index contributed by atoms with van der Waals surface area (Å²) in [7, 11) is 0. The molecule has 3 nitrogen and oxygen atoms in total. The average molecular weight is 392 g/mol. The highest BCUT2D eigenvalue weighted by atomic mass is 35.5. The number of amidine groups is 1. The lowest BCUT2D eigenvalue weighted by Gasteiger charge is -2.23. The van der Waals surface area contributed by atoms with Gasteiger partial charge in [0, 0.05) is 29.6 Å². The van der Waals surface area contributed by atoms with Gasteiger partial charge in [-0.15, -0.1) is 0 Å². The second kappa shape index (κ2) is 10.8. The van der Waals surface area contributed by atoms with Crippen molar-refractivity contribution < 1.29 is 0 Å². The lowest BCUT2D eigenvalue weighted by molar-refractivity contribution is 0.448. The molecule has 0 aliphatic carbocycles. The molecule has 1 heterocycles. The molecule has 1 fully saturated rings. The van der Waals surface area contributed by atoms with Crippen LogP contribution in [0, 0.1) is 5.92 Å². The number of rotatable bonds is 5. The lowest BCUT2D eigenvalue weighted by atomic mass is 10.2. The second-order valence-electron chi connectivity index (χ2n) is 6.78. The molecule has 1 aromatic rings. The molecule has 0 bridgehead atoms. The molecule has 5 heteroatoms. The first-order chi connectivity index (χ1) is 12.5. The van der Waals surface area contributed by atoms with Gasteiger partial charge in [0.2, 0.25) is 0 Å². The molecule has 0 saturated carbocycles. The van der Waals surface area contributed by atoms with Gasteiger partial charge in [-0.2, -0.15) is 0 Å². The van der Waals surface area contributed by atoms with E-state index in [4.69, 9.17) is 16.6 Å². The second-order valence-corrected chi connectivity index (χ2v) is 8.50. The molecule has 2 rings (SSSR count). The molecule has 142 valence electrons. The van der Waals surface area contributed by atoms with Gasteiger partial charge >= 0.3 is 0 Å². The minimum Gasteiger partial charge on any atom is -0.355 e. The number of aliphatic imine (C=N–C) groups is 1. The molecular formula is C21H30ClN3S. The molecule has 1 saturated heterocycles. The van der Waals surface area contributed by atoms with Crippen molar-refractivity contribution in [1.29, 1.82) is 0 Å². The first kappa shape index (κ1) is 21.1. The van der Waals surface area contributed by atoms with E-state index in [9.17, 15) is 0 Å². The van der Waals surface area contributed by atoms with Gasteiger partial charge in [0.1, 0.15) is 5.84 Å². The highest BCUT2D eigenvalue weighted by molar-refractivity contribution is 8.03. The predicted octanol–water partition coefficient (Wildman–Crippen LogP) is 5.89. The van der Waals surface area contributed by atoms with Crippen molar-refractivity contribution in [3.05, 3.63) is 46.4 Å². The summed E-state index contributed by atoms with van der Waals surface area (Å²) in [6, 6.07) is 5.96. The van der Waals surface area contributed by atoms with Gasteiger partial charge in [0.05, 0.1) is 5.69 Å². The summed E-state index contributed by atoms with van der Waals surface area (Å²) in [4.78, 5) is 9.80. The largest absolute Gasteiger partial charge is 0.355 e. The quantitative estimate of drug-likeness (QED) is 0.385. The molecule has 1 N–H and O–H groups in total. The minimum absolute atomic E-state index is 0.490. The van der Waals surface area contributed by atoms with Gasteiger partial charge in [-0.1, -0.05) is 49.4 Å². The van der Waals surface area contributed by atoms with Crippen LogP contribution < -0.4 is 5.32 Å². The van der Waals surface area contributed by atoms with Gasteiger partial charge in [0.15, 0.2) is 0 Å². The molecular weight excluding hydrogens is 362 g/mol. The van der Waals surface area contributed by atoms with E-state index in [0.717, 1.165) is 54.0 Å². The summed E-state index contributed by atoms with van der Waals surface area (Å²) < 4.78 is 0. The van der Waals surface area contributed by atoms with Crippen LogP contribution in [0.3, 0.4) is 0 Å². The summed E-state index contributed by atoms with van der Waals surface area (Å²) in [5.74, 6) is 1.51. The molecule has 1 aliphatic heterocycles. The van der Waals surface area contributed by atoms with Gasteiger partial charge in [-0.25, -0.2) is 4.99 Å². The monoisotopic (exact) mass is 391 g/mol. The van der Waals surface area contributed by atoms with E-state index in [0.29, 0.717) is 5.92 Å².